The van der Waals surface area contributed by atoms with Crippen molar-refractivity contribution in [2.75, 3.05) is 0 Å². The van der Waals surface area contributed by atoms with Gasteiger partial charge in [0.25, 0.3) is 0 Å². The molecule has 2 atom stereocenters. The molecule has 0 heteroatoms. The minimum absolute atomic E-state index is 0.964. The molecule has 0 radical (unpaired) electrons. The van der Waals surface area contributed by atoms with Crippen LogP contribution in [0.1, 0.15) is 38.5 Å². The highest BCUT2D eigenvalue weighted by atomic mass is 14.4. The predicted molar refractivity (Wildman–Crippen MR) is 50.8 cm³/mol. The van der Waals surface area contributed by atoms with E-state index in [1.807, 2.05) is 5.57 Å². The average Bonchev–Trinajstić information content (AvgIpc) is 2.52. The molecule has 64 valence electrons. The lowest BCUT2D eigenvalue weighted by atomic mass is 9.74. The van der Waals surface area contributed by atoms with Crippen LogP contribution >= 0.6 is 0 Å². The van der Waals surface area contributed by atoms with E-state index in [4.69, 9.17) is 0 Å². The molecule has 1 saturated carbocycles. The van der Waals surface area contributed by atoms with E-state index in [2.05, 4.69) is 12.2 Å². The van der Waals surface area contributed by atoms with Crippen LogP contribution in [-0.2, 0) is 0 Å². The summed E-state index contributed by atoms with van der Waals surface area (Å²) in [5.41, 5.74) is 3.60. The Morgan fingerprint density at radius 3 is 3.00 bits per heavy atom. The van der Waals surface area contributed by atoms with Gasteiger partial charge in [-0.3, -0.25) is 0 Å². The molecule has 0 aromatic rings. The number of hydrogen-bond donors (Lipinski definition) is 0. The molecule has 0 heterocycles. The first-order chi connectivity index (χ1) is 5.95. The van der Waals surface area contributed by atoms with Gasteiger partial charge in [-0.15, -0.1) is 0 Å². The second-order valence-corrected chi connectivity index (χ2v) is 4.48. The highest BCUT2D eigenvalue weighted by Gasteiger charge is 2.33. The van der Waals surface area contributed by atoms with E-state index in [9.17, 15) is 0 Å². The van der Waals surface area contributed by atoms with E-state index in [1.54, 1.807) is 5.57 Å². The van der Waals surface area contributed by atoms with Crippen LogP contribution in [-0.4, -0.2) is 0 Å². The van der Waals surface area contributed by atoms with Gasteiger partial charge in [-0.1, -0.05) is 24.1 Å². The number of hydrogen-bond acceptors (Lipinski definition) is 0. The van der Waals surface area contributed by atoms with Crippen molar-refractivity contribution in [3.63, 3.8) is 0 Å². The third-order valence-corrected chi connectivity index (χ3v) is 3.86. The van der Waals surface area contributed by atoms with Crippen molar-refractivity contribution in [2.24, 2.45) is 11.8 Å². The van der Waals surface area contributed by atoms with E-state index in [0.717, 1.165) is 11.8 Å². The minimum Gasteiger partial charge on any atom is -0.0837 e. The normalized spacial score (nSPS) is 38.7. The second kappa shape index (κ2) is 2.48. The highest BCUT2D eigenvalue weighted by molar-refractivity contribution is 5.37. The SMILES string of the molecule is C1=CC2=C3C(C1)CCCC3CC2. The van der Waals surface area contributed by atoms with E-state index in [-0.39, 0.29) is 0 Å². The molecule has 12 heavy (non-hydrogen) atoms. The zero-order chi connectivity index (χ0) is 7.97. The molecule has 1 fully saturated rings. The van der Waals surface area contributed by atoms with Crippen molar-refractivity contribution in [3.05, 3.63) is 23.3 Å². The van der Waals surface area contributed by atoms with Crippen LogP contribution in [0.3, 0.4) is 0 Å². The summed E-state index contributed by atoms with van der Waals surface area (Å²) in [5, 5.41) is 0. The van der Waals surface area contributed by atoms with E-state index < -0.39 is 0 Å². The Kier molecular flexibility index (Phi) is 1.44. The van der Waals surface area contributed by atoms with Crippen molar-refractivity contribution in [2.45, 2.75) is 38.5 Å². The van der Waals surface area contributed by atoms with E-state index in [1.165, 1.54) is 38.5 Å². The molecular weight excluding hydrogens is 144 g/mol. The van der Waals surface area contributed by atoms with Gasteiger partial charge in [-0.05, 0) is 49.5 Å². The lowest BCUT2D eigenvalue weighted by Crippen LogP contribution is -2.18. The molecule has 0 spiro atoms. The summed E-state index contributed by atoms with van der Waals surface area (Å²) < 4.78 is 0. The number of allylic oxidation sites excluding steroid dienone is 4. The zero-order valence-corrected chi connectivity index (χ0v) is 7.55. The Balaban J connectivity index is 2.03. The van der Waals surface area contributed by atoms with Crippen molar-refractivity contribution < 1.29 is 0 Å². The Morgan fingerprint density at radius 2 is 2.00 bits per heavy atom. The predicted octanol–water partition coefficient (Wildman–Crippen LogP) is 3.45. The van der Waals surface area contributed by atoms with Crippen LogP contribution < -0.4 is 0 Å². The van der Waals surface area contributed by atoms with Gasteiger partial charge in [-0.25, -0.2) is 0 Å². The van der Waals surface area contributed by atoms with Crippen molar-refractivity contribution in [3.8, 4) is 0 Å². The third-order valence-electron chi connectivity index (χ3n) is 3.86. The maximum absolute atomic E-state index is 2.40. The lowest BCUT2D eigenvalue weighted by Gasteiger charge is -2.31. The van der Waals surface area contributed by atoms with E-state index in [0.29, 0.717) is 0 Å². The molecule has 0 aliphatic heterocycles. The first-order valence-electron chi connectivity index (χ1n) is 5.34. The van der Waals surface area contributed by atoms with Crippen LogP contribution in [0.4, 0.5) is 0 Å². The molecule has 3 rings (SSSR count). The standard InChI is InChI=1S/C12H16/c1-3-9-4-2-6-11-8-7-10(5-1)12(9)11/h1,5,9,11H,2-4,6-8H2. The van der Waals surface area contributed by atoms with Crippen LogP contribution in [0, 0.1) is 11.8 Å². The average molecular weight is 160 g/mol. The second-order valence-electron chi connectivity index (χ2n) is 4.48. The molecule has 0 N–H and O–H groups in total. The fourth-order valence-corrected chi connectivity index (χ4v) is 3.35. The fraction of sp³-hybridized carbons (Fsp3) is 0.667. The Bertz CT molecular complexity index is 257. The maximum atomic E-state index is 2.40. The lowest BCUT2D eigenvalue weighted by molar-refractivity contribution is 0.371. The minimum atomic E-state index is 0.964. The van der Waals surface area contributed by atoms with Crippen molar-refractivity contribution >= 4 is 0 Å². The fourth-order valence-electron chi connectivity index (χ4n) is 3.35. The molecule has 0 saturated heterocycles. The van der Waals surface area contributed by atoms with Gasteiger partial charge < -0.3 is 0 Å². The summed E-state index contributed by atoms with van der Waals surface area (Å²) in [6, 6.07) is 0. The maximum Gasteiger partial charge on any atom is -0.0160 e. The molecule has 0 aromatic carbocycles. The first kappa shape index (κ1) is 6.94. The van der Waals surface area contributed by atoms with Gasteiger partial charge in [0.1, 0.15) is 0 Å². The van der Waals surface area contributed by atoms with Crippen LogP contribution in [0.2, 0.25) is 0 Å². The molecule has 0 bridgehead atoms. The summed E-state index contributed by atoms with van der Waals surface area (Å²) >= 11 is 0. The topological polar surface area (TPSA) is 0 Å². The molecule has 3 aliphatic rings. The summed E-state index contributed by atoms with van der Waals surface area (Å²) in [6.07, 6.45) is 13.4. The van der Waals surface area contributed by atoms with Gasteiger partial charge in [-0.2, -0.15) is 0 Å². The largest absolute Gasteiger partial charge is 0.0837 e. The summed E-state index contributed by atoms with van der Waals surface area (Å²) in [7, 11) is 0. The first-order valence-corrected chi connectivity index (χ1v) is 5.34. The molecule has 0 aromatic heterocycles. The van der Waals surface area contributed by atoms with Gasteiger partial charge in [0.2, 0.25) is 0 Å². The molecule has 3 aliphatic carbocycles. The molecule has 2 unspecified atom stereocenters. The Hall–Kier alpha value is -0.520. The van der Waals surface area contributed by atoms with Crippen LogP contribution in [0.15, 0.2) is 23.3 Å². The zero-order valence-electron chi connectivity index (χ0n) is 7.55. The van der Waals surface area contributed by atoms with Crippen LogP contribution in [0.5, 0.6) is 0 Å². The van der Waals surface area contributed by atoms with Crippen molar-refractivity contribution in [1.29, 1.82) is 0 Å². The Labute approximate surface area is 74.4 Å². The summed E-state index contributed by atoms with van der Waals surface area (Å²) in [5.74, 6) is 1.97. The monoisotopic (exact) mass is 160 g/mol. The molecular formula is C12H16. The third kappa shape index (κ3) is 0.840. The highest BCUT2D eigenvalue weighted by Crippen LogP contribution is 2.48. The smallest absolute Gasteiger partial charge is 0.0160 e. The quantitative estimate of drug-likeness (QED) is 0.509. The summed E-state index contributed by atoms with van der Waals surface area (Å²) in [4.78, 5) is 0. The van der Waals surface area contributed by atoms with Crippen molar-refractivity contribution in [1.82, 2.24) is 0 Å². The molecule has 0 nitrogen and oxygen atoms in total. The van der Waals surface area contributed by atoms with Gasteiger partial charge in [0.15, 0.2) is 0 Å². The number of rotatable bonds is 0. The molecule has 0 amide bonds. The van der Waals surface area contributed by atoms with Gasteiger partial charge >= 0.3 is 0 Å². The summed E-state index contributed by atoms with van der Waals surface area (Å²) in [6.45, 7) is 0. The Morgan fingerprint density at radius 1 is 1.08 bits per heavy atom. The van der Waals surface area contributed by atoms with E-state index >= 15 is 0 Å². The van der Waals surface area contributed by atoms with Gasteiger partial charge in [0, 0.05) is 0 Å². The van der Waals surface area contributed by atoms with Gasteiger partial charge in [0.05, 0.1) is 0 Å². The van der Waals surface area contributed by atoms with Crippen LogP contribution in [0.25, 0.3) is 0 Å².